The van der Waals surface area contributed by atoms with Crippen LogP contribution in [-0.4, -0.2) is 40.7 Å². The summed E-state index contributed by atoms with van der Waals surface area (Å²) in [4.78, 5) is 43.2. The number of allylic oxidation sites excluding steroid dienone is 2. The second kappa shape index (κ2) is 6.55. The summed E-state index contributed by atoms with van der Waals surface area (Å²) >= 11 is 0. The Kier molecular flexibility index (Phi) is 4.00. The van der Waals surface area contributed by atoms with Crippen molar-refractivity contribution in [2.45, 2.75) is 12.8 Å². The van der Waals surface area contributed by atoms with Gasteiger partial charge in [-0.05, 0) is 36.3 Å². The van der Waals surface area contributed by atoms with Crippen LogP contribution in [0.4, 0.5) is 0 Å². The van der Waals surface area contributed by atoms with Crippen LogP contribution >= 0.6 is 0 Å². The number of aromatic nitrogens is 1. The van der Waals surface area contributed by atoms with E-state index < -0.39 is 0 Å². The Morgan fingerprint density at radius 2 is 1.79 bits per heavy atom. The molecule has 1 aliphatic heterocycles. The molecular formula is C22H21N3O3. The van der Waals surface area contributed by atoms with Crippen molar-refractivity contribution < 1.29 is 14.4 Å². The maximum atomic E-state index is 12.6. The summed E-state index contributed by atoms with van der Waals surface area (Å²) in [7, 11) is 0. The predicted octanol–water partition coefficient (Wildman–Crippen LogP) is 1.70. The second-order valence-corrected chi connectivity index (χ2v) is 7.85. The molecule has 1 saturated heterocycles. The molecular weight excluding hydrogens is 354 g/mol. The van der Waals surface area contributed by atoms with Gasteiger partial charge in [0, 0.05) is 18.1 Å². The lowest BCUT2D eigenvalue weighted by Gasteiger charge is -2.16. The minimum atomic E-state index is -0.296. The lowest BCUT2D eigenvalue weighted by Crippen LogP contribution is -2.42. The minimum absolute atomic E-state index is 0.165. The van der Waals surface area contributed by atoms with E-state index >= 15 is 0 Å². The molecule has 2 aliphatic carbocycles. The number of carbonyl (C=O) groups is 3. The first-order chi connectivity index (χ1) is 13.6. The molecule has 0 radical (unpaired) electrons. The van der Waals surface area contributed by atoms with Gasteiger partial charge in [0.1, 0.15) is 6.54 Å². The molecule has 0 spiro atoms. The molecule has 6 heteroatoms. The van der Waals surface area contributed by atoms with Crippen molar-refractivity contribution in [2.75, 3.05) is 13.1 Å². The van der Waals surface area contributed by atoms with Crippen molar-refractivity contribution in [1.29, 1.82) is 0 Å². The van der Waals surface area contributed by atoms with Crippen LogP contribution in [0.15, 0.2) is 48.7 Å². The number of amides is 3. The number of carbonyl (C=O) groups excluding carboxylic acids is 3. The van der Waals surface area contributed by atoms with Gasteiger partial charge in [-0.1, -0.05) is 36.4 Å². The molecule has 4 unspecified atom stereocenters. The molecule has 2 aromatic rings. The zero-order valence-electron chi connectivity index (χ0n) is 15.4. The van der Waals surface area contributed by atoms with Crippen LogP contribution in [0.2, 0.25) is 0 Å². The number of likely N-dealkylation sites (tertiary alicyclic amines) is 1. The van der Waals surface area contributed by atoms with Crippen LogP contribution in [0.5, 0.6) is 0 Å². The maximum Gasteiger partial charge on any atom is 0.240 e. The van der Waals surface area contributed by atoms with E-state index in [-0.39, 0.29) is 47.9 Å². The molecule has 2 fully saturated rings. The summed E-state index contributed by atoms with van der Waals surface area (Å²) in [6, 6.07) is 9.89. The van der Waals surface area contributed by atoms with Crippen molar-refractivity contribution in [1.82, 2.24) is 15.2 Å². The van der Waals surface area contributed by atoms with Gasteiger partial charge < -0.3 is 5.32 Å². The molecule has 1 aromatic carbocycles. The Hall–Kier alpha value is -3.02. The SMILES string of the molecule is O=C(CN1C(=O)C2C3C=CC(C3)C2C1=O)NCCc1cccc2cccnc12. The molecule has 3 amide bonds. The van der Waals surface area contributed by atoms with Crippen LogP contribution in [0, 0.1) is 23.7 Å². The zero-order valence-corrected chi connectivity index (χ0v) is 15.4. The third-order valence-corrected chi connectivity index (χ3v) is 6.30. The van der Waals surface area contributed by atoms with E-state index in [1.807, 2.05) is 30.3 Å². The van der Waals surface area contributed by atoms with Crippen LogP contribution in [0.25, 0.3) is 10.9 Å². The Balaban J connectivity index is 1.19. The normalized spacial score (nSPS) is 27.6. The van der Waals surface area contributed by atoms with Crippen LogP contribution in [0.1, 0.15) is 12.0 Å². The van der Waals surface area contributed by atoms with Gasteiger partial charge in [-0.2, -0.15) is 0 Å². The molecule has 6 nitrogen and oxygen atoms in total. The summed E-state index contributed by atoms with van der Waals surface area (Å²) in [5, 5.41) is 3.90. The number of imide groups is 1. The Morgan fingerprint density at radius 3 is 2.54 bits per heavy atom. The van der Waals surface area contributed by atoms with Crippen LogP contribution in [0.3, 0.4) is 0 Å². The van der Waals surface area contributed by atoms with E-state index in [0.717, 1.165) is 27.8 Å². The Labute approximate surface area is 162 Å². The first kappa shape index (κ1) is 17.1. The first-order valence-electron chi connectivity index (χ1n) is 9.76. The van der Waals surface area contributed by atoms with E-state index in [1.165, 1.54) is 0 Å². The van der Waals surface area contributed by atoms with E-state index in [9.17, 15) is 14.4 Å². The lowest BCUT2D eigenvalue weighted by molar-refractivity contribution is -0.144. The highest BCUT2D eigenvalue weighted by molar-refractivity contribution is 6.08. The molecule has 3 aliphatic rings. The Bertz CT molecular complexity index is 980. The molecule has 28 heavy (non-hydrogen) atoms. The van der Waals surface area contributed by atoms with Crippen molar-refractivity contribution in [3.63, 3.8) is 0 Å². The lowest BCUT2D eigenvalue weighted by atomic mass is 9.85. The van der Waals surface area contributed by atoms with Gasteiger partial charge >= 0.3 is 0 Å². The van der Waals surface area contributed by atoms with Gasteiger partial charge in [0.25, 0.3) is 0 Å². The topological polar surface area (TPSA) is 79.4 Å². The summed E-state index contributed by atoms with van der Waals surface area (Å²) in [5.41, 5.74) is 1.99. The predicted molar refractivity (Wildman–Crippen MR) is 103 cm³/mol. The van der Waals surface area contributed by atoms with Gasteiger partial charge in [0.15, 0.2) is 0 Å². The summed E-state index contributed by atoms with van der Waals surface area (Å²) in [6.07, 6.45) is 7.40. The molecule has 1 N–H and O–H groups in total. The van der Waals surface area contributed by atoms with Crippen LogP contribution < -0.4 is 5.32 Å². The number of nitrogens with zero attached hydrogens (tertiary/aromatic N) is 2. The molecule has 4 atom stereocenters. The highest BCUT2D eigenvalue weighted by atomic mass is 16.2. The van der Waals surface area contributed by atoms with Crippen molar-refractivity contribution in [3.05, 3.63) is 54.2 Å². The zero-order chi connectivity index (χ0) is 19.3. The fraction of sp³-hybridized carbons (Fsp3) is 0.364. The standard InChI is InChI=1S/C22H21N3O3/c26-17(23-10-8-14-4-1-3-13-5-2-9-24-20(13)14)12-25-21(27)18-15-6-7-16(11-15)19(18)22(25)28/h1-7,9,15-16,18-19H,8,10-12H2,(H,23,26). The number of para-hydroxylation sites is 1. The molecule has 5 rings (SSSR count). The van der Waals surface area contributed by atoms with E-state index in [2.05, 4.69) is 22.5 Å². The smallest absolute Gasteiger partial charge is 0.240 e. The van der Waals surface area contributed by atoms with Gasteiger partial charge in [0.2, 0.25) is 17.7 Å². The molecule has 1 saturated carbocycles. The number of pyridine rings is 1. The fourth-order valence-corrected chi connectivity index (χ4v) is 5.03. The highest BCUT2D eigenvalue weighted by Crippen LogP contribution is 2.52. The van der Waals surface area contributed by atoms with Gasteiger partial charge in [-0.15, -0.1) is 0 Å². The number of fused-ring (bicyclic) bond motifs is 6. The van der Waals surface area contributed by atoms with E-state index in [4.69, 9.17) is 0 Å². The van der Waals surface area contributed by atoms with E-state index in [1.54, 1.807) is 6.20 Å². The average Bonchev–Trinajstić information content (AvgIpc) is 3.38. The fourth-order valence-electron chi connectivity index (χ4n) is 5.03. The first-order valence-corrected chi connectivity index (χ1v) is 9.76. The second-order valence-electron chi connectivity index (χ2n) is 7.85. The summed E-state index contributed by atoms with van der Waals surface area (Å²) in [5.74, 6) is -0.832. The van der Waals surface area contributed by atoms with Crippen molar-refractivity contribution >= 4 is 28.6 Å². The maximum absolute atomic E-state index is 12.6. The Morgan fingerprint density at radius 1 is 1.07 bits per heavy atom. The summed E-state index contributed by atoms with van der Waals surface area (Å²) in [6.45, 7) is 0.252. The summed E-state index contributed by atoms with van der Waals surface area (Å²) < 4.78 is 0. The molecule has 142 valence electrons. The number of benzene rings is 1. The number of rotatable bonds is 5. The minimum Gasteiger partial charge on any atom is -0.354 e. The van der Waals surface area contributed by atoms with Crippen LogP contribution in [-0.2, 0) is 20.8 Å². The number of nitrogens with one attached hydrogen (secondary N) is 1. The monoisotopic (exact) mass is 375 g/mol. The molecule has 2 bridgehead atoms. The van der Waals surface area contributed by atoms with Gasteiger partial charge in [-0.3, -0.25) is 24.3 Å². The number of hydrogen-bond acceptors (Lipinski definition) is 4. The van der Waals surface area contributed by atoms with Crippen molar-refractivity contribution in [3.8, 4) is 0 Å². The molecule has 1 aromatic heterocycles. The van der Waals surface area contributed by atoms with E-state index in [0.29, 0.717) is 13.0 Å². The molecule has 2 heterocycles. The largest absolute Gasteiger partial charge is 0.354 e. The third kappa shape index (κ3) is 2.63. The van der Waals surface area contributed by atoms with Gasteiger partial charge in [0.05, 0.1) is 17.4 Å². The average molecular weight is 375 g/mol. The highest BCUT2D eigenvalue weighted by Gasteiger charge is 2.59. The van der Waals surface area contributed by atoms with Gasteiger partial charge in [-0.25, -0.2) is 0 Å². The number of hydrogen-bond donors (Lipinski definition) is 1. The third-order valence-electron chi connectivity index (χ3n) is 6.30. The quantitative estimate of drug-likeness (QED) is 0.637. The van der Waals surface area contributed by atoms with Crippen molar-refractivity contribution in [2.24, 2.45) is 23.7 Å².